The van der Waals surface area contributed by atoms with Gasteiger partial charge in [-0.3, -0.25) is 9.71 Å². The molecule has 0 aliphatic carbocycles. The number of thiocarbonyl (C=S) groups is 1. The molecule has 0 spiro atoms. The van der Waals surface area contributed by atoms with Crippen LogP contribution in [0, 0.1) is 20.8 Å². The molecule has 3 heterocycles. The zero-order chi connectivity index (χ0) is 28.1. The molecule has 2 aromatic carbocycles. The van der Waals surface area contributed by atoms with E-state index in [4.69, 9.17) is 35.4 Å². The molecule has 5 rings (SSSR count). The Bertz CT molecular complexity index is 1690. The third-order valence-electron chi connectivity index (χ3n) is 6.84. The van der Waals surface area contributed by atoms with Crippen LogP contribution >= 0.6 is 35.4 Å². The molecule has 39 heavy (non-hydrogen) atoms. The zero-order valence-electron chi connectivity index (χ0n) is 21.7. The Balaban J connectivity index is 1.67. The van der Waals surface area contributed by atoms with E-state index >= 15 is 0 Å². The van der Waals surface area contributed by atoms with Gasteiger partial charge in [-0.25, -0.2) is 8.42 Å². The Morgan fingerprint density at radius 1 is 1.03 bits per heavy atom. The van der Waals surface area contributed by atoms with Crippen LogP contribution in [-0.4, -0.2) is 29.3 Å². The number of halogens is 2. The first-order valence-corrected chi connectivity index (χ1v) is 15.2. The van der Waals surface area contributed by atoms with Gasteiger partial charge in [0, 0.05) is 23.3 Å². The van der Waals surface area contributed by atoms with Gasteiger partial charge in [0.15, 0.2) is 5.11 Å². The highest BCUT2D eigenvalue weighted by Gasteiger charge is 2.42. The standard InChI is InChI=1S/C28H27Cl2N5O2S2/c1-16-14-19(11-12-22(16)33-39(4,36)37)35-27(26(32-28(35)38)23-9-5-6-13-31-23)20-15-17(2)34(18(20)3)24-10-7-8-21(29)25(24)30/h5-15,26-27,33H,1-4H3,(H,32,38)/t26-,27-/m0/s1. The first-order valence-electron chi connectivity index (χ1n) is 12.2. The minimum absolute atomic E-state index is 0.239. The number of hydrogen-bond donors (Lipinski definition) is 2. The highest BCUT2D eigenvalue weighted by molar-refractivity contribution is 7.92. The van der Waals surface area contributed by atoms with E-state index < -0.39 is 10.0 Å². The molecule has 1 fully saturated rings. The molecule has 0 bridgehead atoms. The number of aryl methyl sites for hydroxylation is 2. The Morgan fingerprint density at radius 3 is 2.46 bits per heavy atom. The maximum absolute atomic E-state index is 11.8. The van der Waals surface area contributed by atoms with Crippen LogP contribution < -0.4 is 14.9 Å². The molecule has 0 amide bonds. The minimum atomic E-state index is -3.41. The molecule has 0 radical (unpaired) electrons. The molecule has 202 valence electrons. The van der Waals surface area contributed by atoms with Crippen molar-refractivity contribution in [2.24, 2.45) is 0 Å². The average molecular weight is 601 g/mol. The van der Waals surface area contributed by atoms with Crippen molar-refractivity contribution >= 4 is 61.9 Å². The maximum atomic E-state index is 11.8. The monoisotopic (exact) mass is 599 g/mol. The molecule has 2 atom stereocenters. The van der Waals surface area contributed by atoms with Crippen molar-refractivity contribution < 1.29 is 8.42 Å². The lowest BCUT2D eigenvalue weighted by Crippen LogP contribution is -2.29. The highest BCUT2D eigenvalue weighted by atomic mass is 35.5. The van der Waals surface area contributed by atoms with Crippen LogP contribution in [0.15, 0.2) is 66.9 Å². The van der Waals surface area contributed by atoms with Gasteiger partial charge in [0.25, 0.3) is 0 Å². The highest BCUT2D eigenvalue weighted by Crippen LogP contribution is 2.45. The van der Waals surface area contributed by atoms with Crippen LogP contribution in [0.2, 0.25) is 10.0 Å². The third-order valence-corrected chi connectivity index (χ3v) is 8.56. The SMILES string of the molecule is Cc1cc(N2C(=S)N[C@@H](c3ccccn3)[C@@H]2c2cc(C)n(-c3cccc(Cl)c3Cl)c2C)ccc1NS(C)(=O)=O. The van der Waals surface area contributed by atoms with E-state index in [1.165, 1.54) is 0 Å². The fourth-order valence-electron chi connectivity index (χ4n) is 5.18. The first-order chi connectivity index (χ1) is 18.5. The summed E-state index contributed by atoms with van der Waals surface area (Å²) in [5.41, 5.74) is 6.81. The topological polar surface area (TPSA) is 79.3 Å². The molecule has 0 unspecified atom stereocenters. The summed E-state index contributed by atoms with van der Waals surface area (Å²) in [6.45, 7) is 5.95. The Labute approximate surface area is 243 Å². The van der Waals surface area contributed by atoms with Crippen molar-refractivity contribution in [1.82, 2.24) is 14.9 Å². The van der Waals surface area contributed by atoms with E-state index in [0.717, 1.165) is 45.8 Å². The van der Waals surface area contributed by atoms with Gasteiger partial charge in [0.1, 0.15) is 0 Å². The molecule has 11 heteroatoms. The maximum Gasteiger partial charge on any atom is 0.229 e. The molecule has 2 N–H and O–H groups in total. The normalized spacial score (nSPS) is 17.4. The number of rotatable bonds is 6. The van der Waals surface area contributed by atoms with Crippen LogP contribution in [0.3, 0.4) is 0 Å². The molecule has 1 aliphatic heterocycles. The van der Waals surface area contributed by atoms with Crippen LogP contribution in [0.5, 0.6) is 0 Å². The molecular weight excluding hydrogens is 573 g/mol. The predicted molar refractivity (Wildman–Crippen MR) is 163 cm³/mol. The number of pyridine rings is 1. The number of nitrogens with one attached hydrogen (secondary N) is 2. The van der Waals surface area contributed by atoms with Gasteiger partial charge >= 0.3 is 0 Å². The number of nitrogens with zero attached hydrogens (tertiary/aromatic N) is 3. The molecule has 1 aliphatic rings. The van der Waals surface area contributed by atoms with E-state index in [9.17, 15) is 8.42 Å². The number of benzene rings is 2. The second kappa shape index (κ2) is 10.5. The van der Waals surface area contributed by atoms with Crippen molar-refractivity contribution in [2.45, 2.75) is 32.9 Å². The van der Waals surface area contributed by atoms with E-state index in [1.54, 1.807) is 18.3 Å². The van der Waals surface area contributed by atoms with Gasteiger partial charge in [-0.05, 0) is 92.6 Å². The smallest absolute Gasteiger partial charge is 0.229 e. The summed E-state index contributed by atoms with van der Waals surface area (Å²) >= 11 is 18.9. The molecular formula is C28H27Cl2N5O2S2. The minimum Gasteiger partial charge on any atom is -0.351 e. The summed E-state index contributed by atoms with van der Waals surface area (Å²) in [5, 5.41) is 4.99. The zero-order valence-corrected chi connectivity index (χ0v) is 24.9. The van der Waals surface area contributed by atoms with Crippen molar-refractivity contribution in [3.05, 3.63) is 105 Å². The quantitative estimate of drug-likeness (QED) is 0.241. The second-order valence-electron chi connectivity index (χ2n) is 9.60. The number of hydrogen-bond acceptors (Lipinski definition) is 4. The largest absolute Gasteiger partial charge is 0.351 e. The molecule has 1 saturated heterocycles. The fourth-order valence-corrected chi connectivity index (χ4v) is 6.54. The van der Waals surface area contributed by atoms with E-state index in [2.05, 4.69) is 37.5 Å². The lowest BCUT2D eigenvalue weighted by Gasteiger charge is -2.29. The van der Waals surface area contributed by atoms with Gasteiger partial charge in [-0.1, -0.05) is 35.3 Å². The molecule has 4 aromatic rings. The summed E-state index contributed by atoms with van der Waals surface area (Å²) in [7, 11) is -3.41. The molecule has 0 saturated carbocycles. The first kappa shape index (κ1) is 27.5. The Kier molecular flexibility index (Phi) is 7.37. The Hall–Kier alpha value is -3.11. The van der Waals surface area contributed by atoms with Crippen LogP contribution in [0.1, 0.15) is 40.3 Å². The number of anilines is 2. The summed E-state index contributed by atoms with van der Waals surface area (Å²) in [5.74, 6) is 0. The molecule has 7 nitrogen and oxygen atoms in total. The van der Waals surface area contributed by atoms with E-state index in [1.807, 2.05) is 56.3 Å². The van der Waals surface area contributed by atoms with Crippen LogP contribution in [0.4, 0.5) is 11.4 Å². The van der Waals surface area contributed by atoms with Gasteiger partial charge in [0.05, 0.1) is 45.5 Å². The van der Waals surface area contributed by atoms with Gasteiger partial charge in [-0.2, -0.15) is 0 Å². The summed E-state index contributed by atoms with van der Waals surface area (Å²) in [6.07, 6.45) is 2.90. The number of aromatic nitrogens is 2. The summed E-state index contributed by atoms with van der Waals surface area (Å²) in [6, 6.07) is 18.6. The summed E-state index contributed by atoms with van der Waals surface area (Å²) in [4.78, 5) is 6.71. The van der Waals surface area contributed by atoms with Gasteiger partial charge in [-0.15, -0.1) is 0 Å². The fraction of sp³-hybridized carbons (Fsp3) is 0.214. The average Bonchev–Trinajstić information content (AvgIpc) is 3.37. The van der Waals surface area contributed by atoms with Crippen LogP contribution in [-0.2, 0) is 10.0 Å². The van der Waals surface area contributed by atoms with Crippen LogP contribution in [0.25, 0.3) is 5.69 Å². The third kappa shape index (κ3) is 5.24. The second-order valence-corrected chi connectivity index (χ2v) is 12.5. The van der Waals surface area contributed by atoms with Crippen molar-refractivity contribution in [3.63, 3.8) is 0 Å². The lowest BCUT2D eigenvalue weighted by molar-refractivity contribution is 0.565. The Morgan fingerprint density at radius 2 is 1.79 bits per heavy atom. The predicted octanol–water partition coefficient (Wildman–Crippen LogP) is 6.65. The number of sulfonamides is 1. The van der Waals surface area contributed by atoms with Gasteiger partial charge < -0.3 is 14.8 Å². The molecule has 2 aromatic heterocycles. The van der Waals surface area contributed by atoms with Crippen molar-refractivity contribution in [3.8, 4) is 5.69 Å². The summed E-state index contributed by atoms with van der Waals surface area (Å²) < 4.78 is 28.3. The lowest BCUT2D eigenvalue weighted by atomic mass is 9.96. The van der Waals surface area contributed by atoms with E-state index in [0.29, 0.717) is 20.8 Å². The van der Waals surface area contributed by atoms with Crippen molar-refractivity contribution in [1.29, 1.82) is 0 Å². The van der Waals surface area contributed by atoms with E-state index in [-0.39, 0.29) is 12.1 Å². The van der Waals surface area contributed by atoms with Gasteiger partial charge in [0.2, 0.25) is 10.0 Å². The van der Waals surface area contributed by atoms with Crippen molar-refractivity contribution in [2.75, 3.05) is 15.9 Å².